The lowest BCUT2D eigenvalue weighted by atomic mass is 9.74. The summed E-state index contributed by atoms with van der Waals surface area (Å²) < 4.78 is 7.41. The molecule has 0 amide bonds. The maximum atomic E-state index is 11.4. The molecule has 28 heavy (non-hydrogen) atoms. The second-order valence-electron chi connectivity index (χ2n) is 8.19. The minimum atomic E-state index is -0.436. The molecule has 0 saturated heterocycles. The van der Waals surface area contributed by atoms with E-state index in [-0.39, 0.29) is 5.92 Å². The molecule has 2 saturated carbocycles. The van der Waals surface area contributed by atoms with Gasteiger partial charge in [-0.15, -0.1) is 0 Å². The molecule has 1 atom stereocenters. The van der Waals surface area contributed by atoms with Crippen molar-refractivity contribution in [3.8, 4) is 0 Å². The second-order valence-corrected chi connectivity index (χ2v) is 8.19. The number of methoxy groups -OCH3 is 1. The molecular weight excluding hydrogens is 348 g/mol. The molecule has 2 aromatic heterocycles. The molecule has 4 heteroatoms. The smallest absolute Gasteiger partial charge is 0.115 e. The van der Waals surface area contributed by atoms with E-state index in [4.69, 9.17) is 4.74 Å². The Bertz CT molecular complexity index is 898. The molecule has 148 valence electrons. The summed E-state index contributed by atoms with van der Waals surface area (Å²) in [5, 5.41) is 11.4. The van der Waals surface area contributed by atoms with E-state index in [1.54, 1.807) is 7.11 Å². The van der Waals surface area contributed by atoms with Crippen LogP contribution in [0.5, 0.6) is 0 Å². The van der Waals surface area contributed by atoms with Gasteiger partial charge in [-0.25, -0.2) is 4.98 Å². The van der Waals surface area contributed by atoms with E-state index in [1.165, 1.54) is 18.4 Å². The van der Waals surface area contributed by atoms with Crippen molar-refractivity contribution in [3.63, 3.8) is 0 Å². The molecule has 1 N–H and O–H groups in total. The third-order valence-electron chi connectivity index (χ3n) is 6.50. The number of rotatable bonds is 7. The number of ether oxygens (including phenoxy) is 1. The number of imidazole rings is 1. The van der Waals surface area contributed by atoms with Crippen LogP contribution in [-0.2, 0) is 4.74 Å². The van der Waals surface area contributed by atoms with Crippen molar-refractivity contribution < 1.29 is 9.84 Å². The van der Waals surface area contributed by atoms with Crippen LogP contribution in [-0.4, -0.2) is 21.6 Å². The Kier molecular flexibility index (Phi) is 5.40. The highest BCUT2D eigenvalue weighted by Crippen LogP contribution is 2.47. The van der Waals surface area contributed by atoms with Crippen molar-refractivity contribution in [1.82, 2.24) is 9.38 Å². The van der Waals surface area contributed by atoms with Crippen LogP contribution in [0.2, 0.25) is 0 Å². The highest BCUT2D eigenvalue weighted by Gasteiger charge is 2.35. The average Bonchev–Trinajstić information content (AvgIpc) is 3.47. The zero-order valence-corrected chi connectivity index (χ0v) is 16.7. The van der Waals surface area contributed by atoms with Gasteiger partial charge in [-0.05, 0) is 73.5 Å². The van der Waals surface area contributed by atoms with Crippen molar-refractivity contribution in [2.75, 3.05) is 7.11 Å². The first-order valence-electron chi connectivity index (χ1n) is 10.3. The highest BCUT2D eigenvalue weighted by atomic mass is 16.5. The molecule has 0 aliphatic heterocycles. The van der Waals surface area contributed by atoms with Gasteiger partial charge < -0.3 is 14.2 Å². The van der Waals surface area contributed by atoms with E-state index in [0.717, 1.165) is 48.1 Å². The van der Waals surface area contributed by atoms with Crippen LogP contribution in [0.1, 0.15) is 61.7 Å². The van der Waals surface area contributed by atoms with Crippen LogP contribution in [0, 0.1) is 11.8 Å². The lowest BCUT2D eigenvalue weighted by Gasteiger charge is -2.34. The fourth-order valence-electron chi connectivity index (χ4n) is 4.79. The normalized spacial score (nSPS) is 24.1. The van der Waals surface area contributed by atoms with E-state index in [0.29, 0.717) is 11.8 Å². The van der Waals surface area contributed by atoms with Crippen molar-refractivity contribution in [2.45, 2.75) is 50.5 Å². The maximum Gasteiger partial charge on any atom is 0.115 e. The molecule has 2 aliphatic rings. The standard InChI is InChI=1S/C24H30N2O2/c1-4-5-20(16(2)28-3)17-8-10-19(11-9-17)24(27)23-21(18-6-7-18)12-13-26-15-25-14-22(23)26/h4-5,12-15,17-19,24,27H,1-2,6-11H2,3H3/b20-5+. The lowest BCUT2D eigenvalue weighted by molar-refractivity contribution is 0.0768. The molecular formula is C24H30N2O2. The first-order chi connectivity index (χ1) is 13.6. The van der Waals surface area contributed by atoms with Crippen LogP contribution in [0.25, 0.3) is 5.52 Å². The topological polar surface area (TPSA) is 46.8 Å². The number of aliphatic hydroxyl groups is 1. The summed E-state index contributed by atoms with van der Waals surface area (Å²) in [7, 11) is 1.67. The number of hydrogen-bond acceptors (Lipinski definition) is 3. The molecule has 1 unspecified atom stereocenters. The van der Waals surface area contributed by atoms with Gasteiger partial charge in [0.1, 0.15) is 5.76 Å². The van der Waals surface area contributed by atoms with Crippen LogP contribution in [0.3, 0.4) is 0 Å². The third kappa shape index (κ3) is 3.53. The summed E-state index contributed by atoms with van der Waals surface area (Å²) in [4.78, 5) is 4.31. The monoisotopic (exact) mass is 378 g/mol. The summed E-state index contributed by atoms with van der Waals surface area (Å²) >= 11 is 0. The zero-order valence-electron chi connectivity index (χ0n) is 16.7. The molecule has 0 spiro atoms. The molecule has 0 radical (unpaired) electrons. The molecule has 0 bridgehead atoms. The van der Waals surface area contributed by atoms with Crippen LogP contribution < -0.4 is 0 Å². The van der Waals surface area contributed by atoms with Crippen molar-refractivity contribution >= 4 is 5.52 Å². The summed E-state index contributed by atoms with van der Waals surface area (Å²) in [6, 6.07) is 2.18. The van der Waals surface area contributed by atoms with Crippen molar-refractivity contribution in [3.05, 3.63) is 72.6 Å². The van der Waals surface area contributed by atoms with Gasteiger partial charge in [0, 0.05) is 11.8 Å². The minimum Gasteiger partial charge on any atom is -0.497 e. The summed E-state index contributed by atoms with van der Waals surface area (Å²) in [5.74, 6) is 2.02. The van der Waals surface area contributed by atoms with Crippen molar-refractivity contribution in [2.24, 2.45) is 11.8 Å². The van der Waals surface area contributed by atoms with E-state index in [9.17, 15) is 5.11 Å². The zero-order chi connectivity index (χ0) is 19.7. The molecule has 2 heterocycles. The molecule has 4 nitrogen and oxygen atoms in total. The molecule has 2 aliphatic carbocycles. The van der Waals surface area contributed by atoms with Gasteiger partial charge >= 0.3 is 0 Å². The number of nitrogens with zero attached hydrogens (tertiary/aromatic N) is 2. The van der Waals surface area contributed by atoms with E-state index < -0.39 is 6.10 Å². The third-order valence-corrected chi connectivity index (χ3v) is 6.50. The second kappa shape index (κ2) is 7.96. The Hall–Kier alpha value is -2.33. The van der Waals surface area contributed by atoms with E-state index in [2.05, 4.69) is 30.4 Å². The van der Waals surface area contributed by atoms with Gasteiger partial charge in [0.2, 0.25) is 0 Å². The van der Waals surface area contributed by atoms with Crippen LogP contribution >= 0.6 is 0 Å². The quantitative estimate of drug-likeness (QED) is 0.524. The van der Waals surface area contributed by atoms with Gasteiger partial charge in [0.05, 0.1) is 31.3 Å². The Balaban J connectivity index is 1.54. The number of aromatic nitrogens is 2. The van der Waals surface area contributed by atoms with E-state index in [1.807, 2.05) is 29.1 Å². The number of fused-ring (bicyclic) bond motifs is 1. The number of hydrogen-bond donors (Lipinski definition) is 1. The largest absolute Gasteiger partial charge is 0.497 e. The first kappa shape index (κ1) is 19.0. The lowest BCUT2D eigenvalue weighted by Crippen LogP contribution is -2.23. The summed E-state index contributed by atoms with van der Waals surface area (Å²) in [5.41, 5.74) is 4.62. The molecule has 0 aromatic carbocycles. The number of pyridine rings is 1. The van der Waals surface area contributed by atoms with E-state index >= 15 is 0 Å². The van der Waals surface area contributed by atoms with Crippen molar-refractivity contribution in [1.29, 1.82) is 0 Å². The predicted molar refractivity (Wildman–Crippen MR) is 112 cm³/mol. The van der Waals surface area contributed by atoms with Gasteiger partial charge in [0.25, 0.3) is 0 Å². The molecule has 2 aromatic rings. The highest BCUT2D eigenvalue weighted by molar-refractivity contribution is 5.59. The maximum absolute atomic E-state index is 11.4. The predicted octanol–water partition coefficient (Wildman–Crippen LogP) is 5.32. The number of aliphatic hydroxyl groups excluding tert-OH is 1. The van der Waals surface area contributed by atoms with Gasteiger partial charge in [0.15, 0.2) is 0 Å². The van der Waals surface area contributed by atoms with Crippen LogP contribution in [0.15, 0.2) is 61.4 Å². The Morgan fingerprint density at radius 1 is 1.29 bits per heavy atom. The SMILES string of the molecule is C=C/C=C(\C(=C)OC)C1CCC(C(O)c2c(C3CC3)ccn3cncc23)CC1. The Morgan fingerprint density at radius 3 is 2.68 bits per heavy atom. The van der Waals surface area contributed by atoms with Gasteiger partial charge in [-0.3, -0.25) is 0 Å². The Labute approximate surface area is 167 Å². The summed E-state index contributed by atoms with van der Waals surface area (Å²) in [6.45, 7) is 7.87. The number of allylic oxidation sites excluding steroid dienone is 3. The molecule has 2 fully saturated rings. The molecule has 4 rings (SSSR count). The average molecular weight is 379 g/mol. The van der Waals surface area contributed by atoms with Gasteiger partial charge in [-0.2, -0.15) is 0 Å². The first-order valence-corrected chi connectivity index (χ1v) is 10.3. The Morgan fingerprint density at radius 2 is 2.04 bits per heavy atom. The van der Waals surface area contributed by atoms with Crippen LogP contribution in [0.4, 0.5) is 0 Å². The fourth-order valence-corrected chi connectivity index (χ4v) is 4.79. The fraction of sp³-hybridized carbons (Fsp3) is 0.458. The van der Waals surface area contributed by atoms with Gasteiger partial charge in [-0.1, -0.05) is 25.3 Å². The summed E-state index contributed by atoms with van der Waals surface area (Å²) in [6.07, 6.45) is 15.7. The minimum absolute atomic E-state index is 0.274.